The van der Waals surface area contributed by atoms with Crippen LogP contribution < -0.4 is 15.5 Å². The second-order valence-electron chi connectivity index (χ2n) is 10.7. The van der Waals surface area contributed by atoms with Gasteiger partial charge in [0, 0.05) is 62.3 Å². The Labute approximate surface area is 260 Å². The Morgan fingerprint density at radius 3 is 2.65 bits per heavy atom. The number of anilines is 2. The molecule has 2 aliphatic heterocycles. The zero-order valence-corrected chi connectivity index (χ0v) is 25.8. The van der Waals surface area contributed by atoms with E-state index in [0.29, 0.717) is 57.4 Å². The Balaban J connectivity index is 1.31. The maximum atomic E-state index is 13.5. The van der Waals surface area contributed by atoms with Crippen molar-refractivity contribution in [3.63, 3.8) is 0 Å². The highest BCUT2D eigenvalue weighted by Crippen LogP contribution is 2.33. The van der Waals surface area contributed by atoms with Crippen molar-refractivity contribution in [2.75, 3.05) is 43.6 Å². The summed E-state index contributed by atoms with van der Waals surface area (Å²) in [6.07, 6.45) is 4.78. The number of hydrogen-bond donors (Lipinski definition) is 3. The number of aromatic nitrogens is 3. The Morgan fingerprint density at radius 2 is 1.93 bits per heavy atom. The second-order valence-corrected chi connectivity index (χ2v) is 11.5. The summed E-state index contributed by atoms with van der Waals surface area (Å²) in [6, 6.07) is 5.86. The van der Waals surface area contributed by atoms with Crippen molar-refractivity contribution >= 4 is 46.8 Å². The highest BCUT2D eigenvalue weighted by atomic mass is 35.5. The van der Waals surface area contributed by atoms with E-state index in [1.807, 2.05) is 31.0 Å². The maximum Gasteiger partial charge on any atom is 0.255 e. The van der Waals surface area contributed by atoms with Gasteiger partial charge in [0.1, 0.15) is 11.9 Å². The molecule has 11 nitrogen and oxygen atoms in total. The molecule has 0 bridgehead atoms. The molecule has 1 aromatic carbocycles. The number of carbonyl (C=O) groups is 2. The number of carbonyl (C=O) groups excluding carboxylic acids is 2. The molecule has 43 heavy (non-hydrogen) atoms. The van der Waals surface area contributed by atoms with Crippen LogP contribution in [0.3, 0.4) is 0 Å². The molecule has 3 N–H and O–H groups in total. The van der Waals surface area contributed by atoms with Gasteiger partial charge >= 0.3 is 0 Å². The molecule has 0 aliphatic carbocycles. The van der Waals surface area contributed by atoms with E-state index in [1.165, 1.54) is 11.1 Å². The molecule has 2 atom stereocenters. The summed E-state index contributed by atoms with van der Waals surface area (Å²) < 4.78 is 5.42. The number of ether oxygens (including phenoxy) is 1. The Kier molecular flexibility index (Phi) is 9.65. The lowest BCUT2D eigenvalue weighted by Gasteiger charge is -2.27. The fourth-order valence-corrected chi connectivity index (χ4v) is 5.62. The molecule has 1 fully saturated rings. The predicted octanol–water partition coefficient (Wildman–Crippen LogP) is 4.09. The number of rotatable bonds is 10. The lowest BCUT2D eigenvalue weighted by Crippen LogP contribution is -2.46. The van der Waals surface area contributed by atoms with Crippen molar-refractivity contribution in [2.45, 2.75) is 51.4 Å². The molecule has 0 radical (unpaired) electrons. The third-order valence-corrected chi connectivity index (χ3v) is 8.56. The predicted molar refractivity (Wildman–Crippen MR) is 165 cm³/mol. The largest absolute Gasteiger partial charge is 0.394 e. The minimum Gasteiger partial charge on any atom is -0.394 e. The number of aliphatic hydroxyl groups excluding tert-OH is 1. The smallest absolute Gasteiger partial charge is 0.255 e. The first kappa shape index (κ1) is 30.9. The highest BCUT2D eigenvalue weighted by Gasteiger charge is 2.35. The van der Waals surface area contributed by atoms with E-state index in [4.69, 9.17) is 27.9 Å². The minimum absolute atomic E-state index is 0.213. The highest BCUT2D eigenvalue weighted by molar-refractivity contribution is 6.33. The fraction of sp³-hybridized carbons (Fsp3) is 0.433. The summed E-state index contributed by atoms with van der Waals surface area (Å²) >= 11 is 12.9. The lowest BCUT2D eigenvalue weighted by molar-refractivity contribution is -0.126. The molecular formula is C30H35Cl2N7O4. The minimum atomic E-state index is -0.811. The van der Waals surface area contributed by atoms with E-state index in [9.17, 15) is 14.7 Å². The van der Waals surface area contributed by atoms with Crippen molar-refractivity contribution < 1.29 is 19.4 Å². The van der Waals surface area contributed by atoms with Gasteiger partial charge in [0.15, 0.2) is 0 Å². The van der Waals surface area contributed by atoms with E-state index in [0.717, 1.165) is 24.9 Å². The lowest BCUT2D eigenvalue weighted by atomic mass is 10.0. The van der Waals surface area contributed by atoms with E-state index >= 15 is 0 Å². The standard InChI is InChI=1S/C30H35Cl2N7O4/c1-4-38(3)26-12-22(23(31)13-33-26)25(16-40)36-28(41)17(2)39-15-19-6-5-18(11-21(19)29(39)42)27-24(32)14-34-30(37-27)35-20-7-9-43-10-8-20/h5-6,11-14,17,20,25,40H,4,7-10,15-16H2,1-3H3,(H,36,41)(H,34,35,37). The average Bonchev–Trinajstić information content (AvgIpc) is 3.36. The van der Waals surface area contributed by atoms with E-state index in [2.05, 4.69) is 25.6 Å². The molecule has 3 aromatic rings. The maximum absolute atomic E-state index is 13.5. The number of halogens is 2. The van der Waals surface area contributed by atoms with Gasteiger partial charge in [-0.05, 0) is 44.4 Å². The van der Waals surface area contributed by atoms with Crippen molar-refractivity contribution in [3.05, 3.63) is 63.4 Å². The van der Waals surface area contributed by atoms with Crippen LogP contribution in [0.1, 0.15) is 54.2 Å². The summed E-state index contributed by atoms with van der Waals surface area (Å²) in [5.74, 6) is 0.436. The zero-order valence-electron chi connectivity index (χ0n) is 24.3. The Morgan fingerprint density at radius 1 is 1.19 bits per heavy atom. The van der Waals surface area contributed by atoms with Crippen LogP contribution in [-0.4, -0.2) is 82.3 Å². The van der Waals surface area contributed by atoms with Gasteiger partial charge in [-0.15, -0.1) is 0 Å². The first-order chi connectivity index (χ1) is 20.7. The van der Waals surface area contributed by atoms with Gasteiger partial charge in [-0.3, -0.25) is 9.59 Å². The number of benzene rings is 1. The van der Waals surface area contributed by atoms with E-state index in [-0.39, 0.29) is 25.1 Å². The van der Waals surface area contributed by atoms with Gasteiger partial charge in [-0.2, -0.15) is 0 Å². The molecule has 13 heteroatoms. The molecule has 2 unspecified atom stereocenters. The number of nitrogens with one attached hydrogen (secondary N) is 2. The number of amides is 2. The number of fused-ring (bicyclic) bond motifs is 1. The number of aliphatic hydroxyl groups is 1. The van der Waals surface area contributed by atoms with Crippen LogP contribution in [0, 0.1) is 0 Å². The summed E-state index contributed by atoms with van der Waals surface area (Å²) in [4.78, 5) is 43.6. The number of pyridine rings is 1. The first-order valence-electron chi connectivity index (χ1n) is 14.3. The molecular weight excluding hydrogens is 593 g/mol. The normalized spacial score (nSPS) is 16.5. The first-order valence-corrected chi connectivity index (χ1v) is 15.0. The molecule has 1 saturated heterocycles. The topological polar surface area (TPSA) is 133 Å². The molecule has 2 amide bonds. The van der Waals surface area contributed by atoms with Gasteiger partial charge in [0.25, 0.3) is 5.91 Å². The van der Waals surface area contributed by atoms with Crippen LogP contribution in [-0.2, 0) is 16.1 Å². The summed E-state index contributed by atoms with van der Waals surface area (Å²) in [5.41, 5.74) is 3.01. The Hall–Kier alpha value is -3.51. The van der Waals surface area contributed by atoms with Crippen LogP contribution in [0.5, 0.6) is 0 Å². The zero-order chi connectivity index (χ0) is 30.7. The molecule has 0 spiro atoms. The van der Waals surface area contributed by atoms with E-state index in [1.54, 1.807) is 25.3 Å². The van der Waals surface area contributed by atoms with Gasteiger partial charge in [0.05, 0.1) is 34.6 Å². The quantitative estimate of drug-likeness (QED) is 0.304. The van der Waals surface area contributed by atoms with Gasteiger partial charge in [0.2, 0.25) is 11.9 Å². The number of nitrogens with zero attached hydrogens (tertiary/aromatic N) is 5. The molecule has 228 valence electrons. The molecule has 0 saturated carbocycles. The molecule has 2 aromatic heterocycles. The molecule has 4 heterocycles. The summed E-state index contributed by atoms with van der Waals surface area (Å²) in [5, 5.41) is 17.0. The van der Waals surface area contributed by atoms with Gasteiger partial charge in [-0.1, -0.05) is 35.3 Å². The van der Waals surface area contributed by atoms with Gasteiger partial charge in [-0.25, -0.2) is 15.0 Å². The molecule has 5 rings (SSSR count). The van der Waals surface area contributed by atoms with Crippen LogP contribution in [0.2, 0.25) is 10.0 Å². The average molecular weight is 629 g/mol. The third kappa shape index (κ3) is 6.70. The van der Waals surface area contributed by atoms with Crippen molar-refractivity contribution in [1.29, 1.82) is 0 Å². The van der Waals surface area contributed by atoms with Crippen molar-refractivity contribution in [2.24, 2.45) is 0 Å². The number of hydrogen-bond acceptors (Lipinski definition) is 9. The summed E-state index contributed by atoms with van der Waals surface area (Å²) in [6.45, 7) is 5.64. The second kappa shape index (κ2) is 13.4. The van der Waals surface area contributed by atoms with Gasteiger partial charge < -0.3 is 30.3 Å². The van der Waals surface area contributed by atoms with E-state index < -0.39 is 18.0 Å². The van der Waals surface area contributed by atoms with Crippen LogP contribution in [0.4, 0.5) is 11.8 Å². The molecule has 2 aliphatic rings. The third-order valence-electron chi connectivity index (χ3n) is 7.97. The Bertz CT molecular complexity index is 1500. The van der Waals surface area contributed by atoms with Crippen LogP contribution >= 0.6 is 23.2 Å². The van der Waals surface area contributed by atoms with Crippen molar-refractivity contribution in [1.82, 2.24) is 25.2 Å². The SMILES string of the molecule is CCN(C)c1cc(C(CO)NC(=O)C(C)N2Cc3ccc(-c4nc(NC5CCOCC5)ncc4Cl)cc3C2=O)c(Cl)cn1. The monoisotopic (exact) mass is 627 g/mol. The summed E-state index contributed by atoms with van der Waals surface area (Å²) in [7, 11) is 1.89. The van der Waals surface area contributed by atoms with Crippen molar-refractivity contribution in [3.8, 4) is 11.3 Å². The van der Waals surface area contributed by atoms with Crippen LogP contribution in [0.25, 0.3) is 11.3 Å². The van der Waals surface area contributed by atoms with Crippen LogP contribution in [0.15, 0.2) is 36.7 Å². The fourth-order valence-electron chi connectivity index (χ4n) is 5.18.